The Hall–Kier alpha value is -10.7. The number of primary sulfonamides is 2. The van der Waals surface area contributed by atoms with Crippen LogP contribution in [0.3, 0.4) is 0 Å². The van der Waals surface area contributed by atoms with Crippen LogP contribution in [-0.4, -0.2) is 104 Å². The summed E-state index contributed by atoms with van der Waals surface area (Å²) in [5.74, 6) is 2.87. The zero-order chi connectivity index (χ0) is 65.5. The van der Waals surface area contributed by atoms with Gasteiger partial charge < -0.3 is 40.7 Å². The van der Waals surface area contributed by atoms with Crippen LogP contribution in [0, 0.1) is 13.8 Å². The lowest BCUT2D eigenvalue weighted by Gasteiger charge is -2.11. The Balaban J connectivity index is 0.000000151. The first-order valence-corrected chi connectivity index (χ1v) is 32.7. The number of nitrogens with two attached hydrogens (primary N) is 2. The molecule has 474 valence electrons. The average Bonchev–Trinajstić information content (AvgIpc) is 1.63. The second-order valence-electron chi connectivity index (χ2n) is 20.6. The molecule has 0 saturated carbocycles. The lowest BCUT2D eigenvalue weighted by Crippen LogP contribution is -2.23. The molecule has 0 fully saturated rings. The number of anilines is 3. The zero-order valence-corrected chi connectivity index (χ0v) is 52.5. The van der Waals surface area contributed by atoms with Crippen LogP contribution in [0.25, 0.3) is 50.7 Å². The van der Waals surface area contributed by atoms with Crippen molar-refractivity contribution >= 4 is 64.5 Å². The summed E-state index contributed by atoms with van der Waals surface area (Å²) in [6, 6.07) is 36.5. The Morgan fingerprint density at radius 1 is 0.500 bits per heavy atom. The van der Waals surface area contributed by atoms with Gasteiger partial charge in [-0.15, -0.1) is 0 Å². The Morgan fingerprint density at radius 3 is 1.48 bits per heavy atom. The third kappa shape index (κ3) is 14.5. The number of rotatable bonds is 19. The van der Waals surface area contributed by atoms with Crippen molar-refractivity contribution in [3.05, 3.63) is 205 Å². The van der Waals surface area contributed by atoms with E-state index in [9.17, 15) is 40.6 Å². The number of nitrogens with zero attached hydrogens (tertiary/aromatic N) is 9. The van der Waals surface area contributed by atoms with Gasteiger partial charge in [-0.2, -0.15) is 0 Å². The van der Waals surface area contributed by atoms with E-state index in [1.54, 1.807) is 135 Å². The van der Waals surface area contributed by atoms with E-state index in [0.29, 0.717) is 72.1 Å². The molecule has 12 rings (SSSR count). The van der Waals surface area contributed by atoms with Crippen LogP contribution in [-0.2, 0) is 49.7 Å². The first-order valence-electron chi connectivity index (χ1n) is 28.1. The van der Waals surface area contributed by atoms with Crippen molar-refractivity contribution in [2.45, 2.75) is 55.1 Å². The number of imidazole rings is 3. The predicted molar refractivity (Wildman–Crippen MR) is 348 cm³/mol. The van der Waals surface area contributed by atoms with Gasteiger partial charge in [0.1, 0.15) is 5.75 Å². The number of hydrogen-bond donors (Lipinski definition) is 9. The van der Waals surface area contributed by atoms with E-state index in [-0.39, 0.29) is 31.9 Å². The van der Waals surface area contributed by atoms with Crippen LogP contribution in [0.5, 0.6) is 28.7 Å². The Kier molecular flexibility index (Phi) is 19.0. The van der Waals surface area contributed by atoms with Gasteiger partial charge in [0.25, 0.3) is 0 Å². The third-order valence-corrected chi connectivity index (χ3v) is 17.8. The second kappa shape index (κ2) is 27.2. The fourth-order valence-corrected chi connectivity index (χ4v) is 11.9. The number of ether oxygens (including phenoxy) is 2. The number of aromatic nitrogens is 9. The van der Waals surface area contributed by atoms with Crippen LogP contribution in [0.15, 0.2) is 192 Å². The summed E-state index contributed by atoms with van der Waals surface area (Å²) in [6.45, 7) is 7.23. The molecule has 12 aromatic rings. The monoisotopic (exact) mass is 1300 g/mol. The van der Waals surface area contributed by atoms with Gasteiger partial charge >= 0.3 is 0 Å². The van der Waals surface area contributed by atoms with Gasteiger partial charge in [-0.05, 0) is 128 Å². The van der Waals surface area contributed by atoms with Gasteiger partial charge in [-0.25, -0.2) is 70.2 Å². The lowest BCUT2D eigenvalue weighted by molar-refractivity contribution is 0.373. The maximum Gasteiger partial charge on any atom is 0.240 e. The molecular formula is C63H63N15O11S3. The Bertz CT molecular complexity index is 4910. The molecular weight excluding hydrogens is 1240 g/mol. The molecule has 29 heteroatoms. The highest BCUT2D eigenvalue weighted by Crippen LogP contribution is 2.36. The van der Waals surface area contributed by atoms with Crippen molar-refractivity contribution in [1.82, 2.24) is 47.8 Å². The van der Waals surface area contributed by atoms with E-state index in [4.69, 9.17) is 19.8 Å². The Morgan fingerprint density at radius 2 is 0.957 bits per heavy atom. The van der Waals surface area contributed by atoms with Crippen LogP contribution in [0.2, 0.25) is 0 Å². The van der Waals surface area contributed by atoms with E-state index in [1.165, 1.54) is 38.5 Å². The molecule has 0 aliphatic carbocycles. The molecule has 26 nitrogen and oxygen atoms in total. The van der Waals surface area contributed by atoms with Crippen molar-refractivity contribution in [3.8, 4) is 62.5 Å². The molecule has 0 unspecified atom stereocenters. The van der Waals surface area contributed by atoms with E-state index < -0.39 is 30.1 Å². The number of sulfonamides is 3. The van der Waals surface area contributed by atoms with Crippen LogP contribution >= 0.6 is 0 Å². The Labute approximate surface area is 529 Å². The number of hydrogen-bond acceptors (Lipinski definition) is 20. The average molecular weight is 1300 g/mol. The first kappa shape index (κ1) is 64.3. The molecule has 0 bridgehead atoms. The van der Waals surface area contributed by atoms with Crippen LogP contribution < -0.4 is 40.4 Å². The topological polar surface area (TPSA) is 372 Å². The van der Waals surface area contributed by atoms with Gasteiger partial charge in [0.15, 0.2) is 57.4 Å². The van der Waals surface area contributed by atoms with Crippen molar-refractivity contribution in [2.24, 2.45) is 10.3 Å². The number of nitrogens with one attached hydrogen (secondary N) is 4. The van der Waals surface area contributed by atoms with Crippen LogP contribution in [0.4, 0.5) is 17.5 Å². The minimum atomic E-state index is -3.72. The SMILES string of the molecule is CCNS(=O)(=O)c1ccc(CNc2nccn3c(-c4ccc(O)cc4)cnc23)cc1.COc1cc(-c2c(C)nc3c(NCc4ccc(S(N)(=O)=O)cc4)nccn23)ccc1O.COc1cc(-c2cnc3c(NCc4ccc(S(N)(=O)=O)cc4)ncc(C)n23)ccc1O. The quantitative estimate of drug-likeness (QED) is 0.0367. The van der Waals surface area contributed by atoms with E-state index >= 15 is 0 Å². The fourth-order valence-electron chi connectivity index (χ4n) is 9.80. The predicted octanol–water partition coefficient (Wildman–Crippen LogP) is 8.37. The number of aromatic hydroxyl groups is 3. The highest BCUT2D eigenvalue weighted by Gasteiger charge is 2.19. The normalized spacial score (nSPS) is 11.6. The summed E-state index contributed by atoms with van der Waals surface area (Å²) in [5, 5.41) is 49.3. The van der Waals surface area contributed by atoms with Gasteiger partial charge in [-0.1, -0.05) is 43.3 Å². The highest BCUT2D eigenvalue weighted by molar-refractivity contribution is 7.89. The largest absolute Gasteiger partial charge is 0.508 e. The first-order chi connectivity index (χ1) is 44.0. The molecule has 6 aromatic carbocycles. The zero-order valence-electron chi connectivity index (χ0n) is 50.1. The molecule has 0 aliphatic rings. The van der Waals surface area contributed by atoms with Gasteiger partial charge in [0.05, 0.1) is 64.1 Å². The summed E-state index contributed by atoms with van der Waals surface area (Å²) in [5.41, 5.74) is 11.5. The highest BCUT2D eigenvalue weighted by atomic mass is 32.2. The van der Waals surface area contributed by atoms with E-state index in [1.807, 2.05) is 51.6 Å². The van der Waals surface area contributed by atoms with Crippen LogP contribution in [0.1, 0.15) is 35.0 Å². The summed E-state index contributed by atoms with van der Waals surface area (Å²) in [4.78, 5) is 27.3. The molecule has 6 heterocycles. The van der Waals surface area contributed by atoms with Gasteiger partial charge in [0, 0.05) is 79.5 Å². The lowest BCUT2D eigenvalue weighted by atomic mass is 10.1. The van der Waals surface area contributed by atoms with Gasteiger partial charge in [-0.3, -0.25) is 13.2 Å². The molecule has 0 spiro atoms. The summed E-state index contributed by atoms with van der Waals surface area (Å²) >= 11 is 0. The van der Waals surface area contributed by atoms with E-state index in [2.05, 4.69) is 50.6 Å². The smallest absolute Gasteiger partial charge is 0.240 e. The molecule has 0 amide bonds. The second-order valence-corrected chi connectivity index (χ2v) is 25.5. The summed E-state index contributed by atoms with van der Waals surface area (Å²) in [7, 11) is -7.90. The molecule has 6 aromatic heterocycles. The van der Waals surface area contributed by atoms with Crippen molar-refractivity contribution in [2.75, 3.05) is 36.7 Å². The summed E-state index contributed by atoms with van der Waals surface area (Å²) in [6.07, 6.45) is 12.2. The minimum Gasteiger partial charge on any atom is -0.508 e. The van der Waals surface area contributed by atoms with Crippen molar-refractivity contribution in [3.63, 3.8) is 0 Å². The number of methoxy groups -OCH3 is 2. The van der Waals surface area contributed by atoms with Gasteiger partial charge in [0.2, 0.25) is 30.1 Å². The van der Waals surface area contributed by atoms with Crippen molar-refractivity contribution < 1.29 is 50.0 Å². The standard InChI is InChI=1S/2C21H21N5O4S.C21H21N5O3S/c1-13-10-23-20(24-11-14-3-6-16(7-4-14)31(22,28)29)21-25-12-17(26(13)21)15-5-8-18(27)19(9-15)30-2;1-13-19(15-5-8-17(27)18(11-15)30-2)26-10-9-23-20(21(26)25-13)24-12-14-3-6-16(7-4-14)31(22,28)29;1-2-25-30(28,29)18-9-3-15(4-10-18)13-23-20-21-24-14-19(26(21)12-11-22-20)16-5-7-17(27)8-6-16/h3-10,12,27H,11H2,1-2H3,(H,23,24)(H2,22,28,29);3-11,27H,12H2,1-2H3,(H,23,24)(H2,22,28,29);3-12,14,25,27H,2,13H2,1H3,(H,22,23). The molecule has 0 saturated heterocycles. The number of phenolic OH excluding ortho intramolecular Hbond substituents is 3. The molecule has 11 N–H and O–H groups in total. The number of phenols is 3. The molecule has 0 radical (unpaired) electrons. The number of fused-ring (bicyclic) bond motifs is 3. The van der Waals surface area contributed by atoms with Crippen molar-refractivity contribution in [1.29, 1.82) is 0 Å². The maximum atomic E-state index is 12.0. The minimum absolute atomic E-state index is 0.0641. The molecule has 0 atom stereocenters. The fraction of sp³-hybridized carbons (Fsp3) is 0.143. The maximum absolute atomic E-state index is 12.0. The third-order valence-electron chi connectivity index (χ3n) is 14.4. The molecule has 92 heavy (non-hydrogen) atoms. The molecule has 0 aliphatic heterocycles. The number of aryl methyl sites for hydroxylation is 2. The number of benzene rings is 6. The van der Waals surface area contributed by atoms with E-state index in [0.717, 1.165) is 61.9 Å². The summed E-state index contributed by atoms with van der Waals surface area (Å²) < 4.78 is 88.4.